The second kappa shape index (κ2) is 6.94. The molecule has 1 aliphatic heterocycles. The second-order valence-electron chi connectivity index (χ2n) is 5.15. The molecule has 1 amide bonds. The molecule has 1 aliphatic rings. The summed E-state index contributed by atoms with van der Waals surface area (Å²) in [5.74, 6) is -1.31. The summed E-state index contributed by atoms with van der Waals surface area (Å²) in [5.41, 5.74) is 0.209. The summed E-state index contributed by atoms with van der Waals surface area (Å²) in [4.78, 5) is 21.0. The van der Waals surface area contributed by atoms with E-state index in [0.29, 0.717) is 31.7 Å². The zero-order valence-electron chi connectivity index (χ0n) is 12.5. The first-order valence-corrected chi connectivity index (χ1v) is 8.26. The molecule has 5 nitrogen and oxygen atoms in total. The molecule has 0 N–H and O–H groups in total. The third-order valence-electron chi connectivity index (χ3n) is 3.52. The van der Waals surface area contributed by atoms with Gasteiger partial charge in [0.05, 0.1) is 24.5 Å². The van der Waals surface area contributed by atoms with Crippen molar-refractivity contribution in [2.45, 2.75) is 11.2 Å². The number of fused-ring (bicyclic) bond motifs is 1. The third kappa shape index (κ3) is 3.78. The van der Waals surface area contributed by atoms with Crippen LogP contribution in [-0.2, 0) is 15.7 Å². The number of aromatic nitrogens is 2. The number of rotatable bonds is 3. The summed E-state index contributed by atoms with van der Waals surface area (Å²) in [5, 5.41) is 0.666. The predicted octanol–water partition coefficient (Wildman–Crippen LogP) is 2.60. The Morgan fingerprint density at radius 1 is 1.21 bits per heavy atom. The van der Waals surface area contributed by atoms with Gasteiger partial charge in [0.1, 0.15) is 5.03 Å². The number of halogens is 3. The number of ether oxygens (including phenoxy) is 1. The number of carbonyl (C=O) groups excluding carboxylic acids is 1. The molecule has 0 aliphatic carbocycles. The van der Waals surface area contributed by atoms with E-state index in [-0.39, 0.29) is 22.2 Å². The minimum atomic E-state index is -4.63. The first-order valence-electron chi connectivity index (χ1n) is 7.27. The molecule has 24 heavy (non-hydrogen) atoms. The number of benzene rings is 1. The van der Waals surface area contributed by atoms with E-state index in [1.807, 2.05) is 0 Å². The topological polar surface area (TPSA) is 55.3 Å². The molecular formula is C15H14F3N3O2S. The molecular weight excluding hydrogens is 343 g/mol. The van der Waals surface area contributed by atoms with Crippen LogP contribution in [0.5, 0.6) is 0 Å². The van der Waals surface area contributed by atoms with E-state index in [0.717, 1.165) is 11.8 Å². The average molecular weight is 357 g/mol. The highest BCUT2D eigenvalue weighted by atomic mass is 32.2. The second-order valence-corrected chi connectivity index (χ2v) is 6.11. The molecule has 0 radical (unpaired) electrons. The average Bonchev–Trinajstić information content (AvgIpc) is 2.59. The highest BCUT2D eigenvalue weighted by molar-refractivity contribution is 8.00. The molecule has 0 saturated carbocycles. The number of amides is 1. The molecule has 2 heterocycles. The minimum Gasteiger partial charge on any atom is -0.378 e. The van der Waals surface area contributed by atoms with Crippen LogP contribution in [0.1, 0.15) is 5.82 Å². The van der Waals surface area contributed by atoms with Crippen molar-refractivity contribution in [2.75, 3.05) is 32.1 Å². The molecule has 1 saturated heterocycles. The SMILES string of the molecule is O=C(CSc1nc(C(F)(F)F)nc2ccccc12)N1CCOCC1. The van der Waals surface area contributed by atoms with Crippen LogP contribution in [0.15, 0.2) is 29.3 Å². The van der Waals surface area contributed by atoms with Crippen LogP contribution in [0.25, 0.3) is 10.9 Å². The van der Waals surface area contributed by atoms with E-state index in [4.69, 9.17) is 4.74 Å². The molecule has 0 spiro atoms. The number of carbonyl (C=O) groups is 1. The lowest BCUT2D eigenvalue weighted by Gasteiger charge is -2.26. The Bertz CT molecular complexity index is 748. The molecule has 128 valence electrons. The highest BCUT2D eigenvalue weighted by Gasteiger charge is 2.35. The standard InChI is InChI=1S/C15H14F3N3O2S/c16-15(17,18)14-19-11-4-2-1-3-10(11)13(20-14)24-9-12(22)21-5-7-23-8-6-21/h1-4H,5-9H2. The monoisotopic (exact) mass is 357 g/mol. The summed E-state index contributed by atoms with van der Waals surface area (Å²) in [6, 6.07) is 6.47. The van der Waals surface area contributed by atoms with Crippen molar-refractivity contribution in [2.24, 2.45) is 0 Å². The lowest BCUT2D eigenvalue weighted by molar-refractivity contribution is -0.145. The molecule has 1 aromatic carbocycles. The Hall–Kier alpha value is -1.87. The number of thioether (sulfide) groups is 1. The lowest BCUT2D eigenvalue weighted by atomic mass is 10.2. The largest absolute Gasteiger partial charge is 0.451 e. The van der Waals surface area contributed by atoms with E-state index in [2.05, 4.69) is 9.97 Å². The van der Waals surface area contributed by atoms with Crippen LogP contribution < -0.4 is 0 Å². The minimum absolute atomic E-state index is 0.0261. The van der Waals surface area contributed by atoms with Gasteiger partial charge in [-0.25, -0.2) is 9.97 Å². The van der Waals surface area contributed by atoms with Gasteiger partial charge in [-0.15, -0.1) is 0 Å². The summed E-state index contributed by atoms with van der Waals surface area (Å²) in [6.45, 7) is 1.95. The van der Waals surface area contributed by atoms with E-state index in [1.54, 1.807) is 23.1 Å². The van der Waals surface area contributed by atoms with Crippen LogP contribution in [0.3, 0.4) is 0 Å². The summed E-state index contributed by atoms with van der Waals surface area (Å²) in [6.07, 6.45) is -4.63. The highest BCUT2D eigenvalue weighted by Crippen LogP contribution is 2.32. The number of nitrogens with zero attached hydrogens (tertiary/aromatic N) is 3. The van der Waals surface area contributed by atoms with Crippen LogP contribution in [-0.4, -0.2) is 52.8 Å². The van der Waals surface area contributed by atoms with Gasteiger partial charge < -0.3 is 9.64 Å². The molecule has 0 bridgehead atoms. The number of hydrogen-bond donors (Lipinski definition) is 0. The molecule has 3 rings (SSSR count). The van der Waals surface area contributed by atoms with Crippen molar-refractivity contribution in [3.63, 3.8) is 0 Å². The Balaban J connectivity index is 1.83. The van der Waals surface area contributed by atoms with Crippen LogP contribution in [0, 0.1) is 0 Å². The molecule has 0 unspecified atom stereocenters. The zero-order chi connectivity index (χ0) is 17.2. The summed E-state index contributed by atoms with van der Waals surface area (Å²) >= 11 is 0.999. The van der Waals surface area contributed by atoms with Crippen molar-refractivity contribution in [1.82, 2.24) is 14.9 Å². The molecule has 1 aromatic heterocycles. The summed E-state index contributed by atoms with van der Waals surface area (Å²) < 4.78 is 44.1. The quantitative estimate of drug-likeness (QED) is 0.624. The van der Waals surface area contributed by atoms with Crippen LogP contribution in [0.2, 0.25) is 0 Å². The first-order chi connectivity index (χ1) is 11.4. The van der Waals surface area contributed by atoms with Crippen molar-refractivity contribution in [3.8, 4) is 0 Å². The fourth-order valence-electron chi connectivity index (χ4n) is 2.32. The van der Waals surface area contributed by atoms with E-state index in [1.165, 1.54) is 6.07 Å². The predicted molar refractivity (Wildman–Crippen MR) is 82.7 cm³/mol. The van der Waals surface area contributed by atoms with Gasteiger partial charge in [0, 0.05) is 18.5 Å². The van der Waals surface area contributed by atoms with Crippen LogP contribution in [0.4, 0.5) is 13.2 Å². The molecule has 9 heteroatoms. The fraction of sp³-hybridized carbons (Fsp3) is 0.400. The van der Waals surface area contributed by atoms with Gasteiger partial charge in [-0.1, -0.05) is 30.0 Å². The van der Waals surface area contributed by atoms with Crippen molar-refractivity contribution in [1.29, 1.82) is 0 Å². The Morgan fingerprint density at radius 3 is 2.62 bits per heavy atom. The zero-order valence-corrected chi connectivity index (χ0v) is 13.4. The number of para-hydroxylation sites is 1. The van der Waals surface area contributed by atoms with Gasteiger partial charge in [-0.3, -0.25) is 4.79 Å². The maximum atomic E-state index is 13.0. The van der Waals surface area contributed by atoms with Crippen molar-refractivity contribution in [3.05, 3.63) is 30.1 Å². The molecule has 0 atom stereocenters. The van der Waals surface area contributed by atoms with Gasteiger partial charge in [0.2, 0.25) is 11.7 Å². The van der Waals surface area contributed by atoms with Gasteiger partial charge in [-0.05, 0) is 6.07 Å². The van der Waals surface area contributed by atoms with Gasteiger partial charge in [0.25, 0.3) is 0 Å². The maximum Gasteiger partial charge on any atom is 0.451 e. The smallest absolute Gasteiger partial charge is 0.378 e. The van der Waals surface area contributed by atoms with E-state index in [9.17, 15) is 18.0 Å². The van der Waals surface area contributed by atoms with Gasteiger partial charge in [0.15, 0.2) is 0 Å². The number of alkyl halides is 3. The first kappa shape index (κ1) is 17.0. The van der Waals surface area contributed by atoms with Gasteiger partial charge in [-0.2, -0.15) is 13.2 Å². The lowest BCUT2D eigenvalue weighted by Crippen LogP contribution is -2.41. The Kier molecular flexibility index (Phi) is 4.91. The summed E-state index contributed by atoms with van der Waals surface area (Å²) in [7, 11) is 0. The maximum absolute atomic E-state index is 13.0. The Labute approximate surface area is 140 Å². The third-order valence-corrected chi connectivity index (χ3v) is 4.49. The fourth-order valence-corrected chi connectivity index (χ4v) is 3.24. The molecule has 1 fully saturated rings. The van der Waals surface area contributed by atoms with Crippen molar-refractivity contribution < 1.29 is 22.7 Å². The normalized spacial score (nSPS) is 15.7. The number of morpholine rings is 1. The number of hydrogen-bond acceptors (Lipinski definition) is 5. The molecule has 2 aromatic rings. The van der Waals surface area contributed by atoms with Crippen molar-refractivity contribution >= 4 is 28.6 Å². The van der Waals surface area contributed by atoms with Crippen LogP contribution >= 0.6 is 11.8 Å². The van der Waals surface area contributed by atoms with Gasteiger partial charge >= 0.3 is 6.18 Å². The van der Waals surface area contributed by atoms with E-state index >= 15 is 0 Å². The van der Waals surface area contributed by atoms with E-state index < -0.39 is 12.0 Å². The Morgan fingerprint density at radius 2 is 1.92 bits per heavy atom.